The van der Waals surface area contributed by atoms with Gasteiger partial charge in [0.1, 0.15) is 0 Å². The van der Waals surface area contributed by atoms with Crippen LogP contribution in [-0.4, -0.2) is 45.2 Å². The minimum atomic E-state index is -3.11. The van der Waals surface area contributed by atoms with E-state index in [0.29, 0.717) is 12.5 Å². The molecule has 4 nitrogen and oxygen atoms in total. The van der Waals surface area contributed by atoms with Crippen LogP contribution in [0.25, 0.3) is 0 Å². The normalized spacial score (nSPS) is 23.0. The van der Waals surface area contributed by atoms with E-state index in [-0.39, 0.29) is 11.2 Å². The maximum absolute atomic E-state index is 12.1. The van der Waals surface area contributed by atoms with Gasteiger partial charge in [-0.3, -0.25) is 0 Å². The molecule has 1 atom stereocenters. The lowest BCUT2D eigenvalue weighted by atomic mass is 10.00. The van der Waals surface area contributed by atoms with Crippen LogP contribution >= 0.6 is 0 Å². The molecule has 0 spiro atoms. The Morgan fingerprint density at radius 3 is 2.47 bits per heavy atom. The Labute approximate surface area is 106 Å². The van der Waals surface area contributed by atoms with Crippen molar-refractivity contribution >= 4 is 10.0 Å². The van der Waals surface area contributed by atoms with Crippen molar-refractivity contribution in [2.75, 3.05) is 32.4 Å². The highest BCUT2D eigenvalue weighted by Crippen LogP contribution is 2.20. The fourth-order valence-corrected chi connectivity index (χ4v) is 3.97. The maximum atomic E-state index is 12.1. The summed E-state index contributed by atoms with van der Waals surface area (Å²) in [6, 6.07) is 0. The fraction of sp³-hybridized carbons (Fsp3) is 1.00. The zero-order valence-corrected chi connectivity index (χ0v) is 12.3. The van der Waals surface area contributed by atoms with Crippen LogP contribution < -0.4 is 5.32 Å². The average Bonchev–Trinajstić information content (AvgIpc) is 2.15. The molecule has 1 fully saturated rings. The number of sulfonamides is 1. The van der Waals surface area contributed by atoms with Crippen molar-refractivity contribution in [3.63, 3.8) is 0 Å². The first-order valence-electron chi connectivity index (χ1n) is 6.35. The molecule has 1 N–H and O–H groups in total. The van der Waals surface area contributed by atoms with Crippen LogP contribution in [0.1, 0.15) is 33.6 Å². The van der Waals surface area contributed by atoms with Crippen LogP contribution in [0.3, 0.4) is 0 Å². The lowest BCUT2D eigenvalue weighted by Crippen LogP contribution is -2.41. The van der Waals surface area contributed by atoms with Gasteiger partial charge in [0.2, 0.25) is 10.0 Å². The zero-order chi connectivity index (χ0) is 13.1. The van der Waals surface area contributed by atoms with Crippen LogP contribution in [0, 0.1) is 11.3 Å². The van der Waals surface area contributed by atoms with E-state index in [0.717, 1.165) is 25.9 Å². The van der Waals surface area contributed by atoms with Gasteiger partial charge in [0.05, 0.1) is 5.75 Å². The maximum Gasteiger partial charge on any atom is 0.214 e. The highest BCUT2D eigenvalue weighted by Gasteiger charge is 2.27. The lowest BCUT2D eigenvalue weighted by molar-refractivity contribution is 0.311. The number of hydrogen-bond acceptors (Lipinski definition) is 3. The average molecular weight is 262 g/mol. The highest BCUT2D eigenvalue weighted by molar-refractivity contribution is 7.89. The fourth-order valence-electron chi connectivity index (χ4n) is 2.21. The van der Waals surface area contributed by atoms with Crippen molar-refractivity contribution in [3.8, 4) is 0 Å². The molecule has 5 heteroatoms. The predicted molar refractivity (Wildman–Crippen MR) is 71.5 cm³/mol. The molecule has 17 heavy (non-hydrogen) atoms. The SMILES string of the molecule is CN(CC1CCCNC1)S(=O)(=O)CC(C)(C)C. The van der Waals surface area contributed by atoms with Crippen LogP contribution in [0.4, 0.5) is 0 Å². The summed E-state index contributed by atoms with van der Waals surface area (Å²) in [6.07, 6.45) is 2.28. The summed E-state index contributed by atoms with van der Waals surface area (Å²) in [5.74, 6) is 0.680. The Balaban J connectivity index is 2.53. The topological polar surface area (TPSA) is 49.4 Å². The summed E-state index contributed by atoms with van der Waals surface area (Å²) in [4.78, 5) is 0. The molecule has 0 aromatic heterocycles. The summed E-state index contributed by atoms with van der Waals surface area (Å²) in [6.45, 7) is 8.53. The third-order valence-corrected chi connectivity index (χ3v) is 5.33. The summed E-state index contributed by atoms with van der Waals surface area (Å²) in [5.41, 5.74) is -0.183. The van der Waals surface area contributed by atoms with Crippen LogP contribution in [0.5, 0.6) is 0 Å². The molecule has 0 saturated carbocycles. The molecule has 1 heterocycles. The number of rotatable bonds is 4. The van der Waals surface area contributed by atoms with E-state index in [2.05, 4.69) is 5.32 Å². The van der Waals surface area contributed by atoms with Gasteiger partial charge in [0.15, 0.2) is 0 Å². The molecule has 0 bridgehead atoms. The molecule has 1 aliphatic rings. The second-order valence-electron chi connectivity index (χ2n) is 6.31. The van der Waals surface area contributed by atoms with Crippen molar-refractivity contribution < 1.29 is 8.42 Å². The van der Waals surface area contributed by atoms with E-state index in [1.807, 2.05) is 20.8 Å². The van der Waals surface area contributed by atoms with E-state index >= 15 is 0 Å². The number of nitrogens with one attached hydrogen (secondary N) is 1. The Hall–Kier alpha value is -0.130. The number of nitrogens with zero attached hydrogens (tertiary/aromatic N) is 1. The lowest BCUT2D eigenvalue weighted by Gasteiger charge is -2.29. The van der Waals surface area contributed by atoms with Crippen LogP contribution in [0.15, 0.2) is 0 Å². The van der Waals surface area contributed by atoms with Gasteiger partial charge in [-0.25, -0.2) is 12.7 Å². The van der Waals surface area contributed by atoms with Gasteiger partial charge >= 0.3 is 0 Å². The zero-order valence-electron chi connectivity index (χ0n) is 11.5. The Bertz CT molecular complexity index is 327. The first-order valence-corrected chi connectivity index (χ1v) is 7.96. The Morgan fingerprint density at radius 1 is 1.35 bits per heavy atom. The first kappa shape index (κ1) is 14.9. The van der Waals surface area contributed by atoms with Gasteiger partial charge in [-0.15, -0.1) is 0 Å². The molecule has 1 aliphatic heterocycles. The van der Waals surface area contributed by atoms with Crippen molar-refractivity contribution in [2.24, 2.45) is 11.3 Å². The quantitative estimate of drug-likeness (QED) is 0.830. The van der Waals surface area contributed by atoms with Crippen molar-refractivity contribution in [2.45, 2.75) is 33.6 Å². The minimum Gasteiger partial charge on any atom is -0.316 e. The summed E-state index contributed by atoms with van der Waals surface area (Å²) in [5, 5.41) is 3.32. The Morgan fingerprint density at radius 2 is 2.00 bits per heavy atom. The van der Waals surface area contributed by atoms with Crippen LogP contribution in [-0.2, 0) is 10.0 Å². The molecule has 0 aromatic rings. The van der Waals surface area contributed by atoms with E-state index in [1.165, 1.54) is 4.31 Å². The highest BCUT2D eigenvalue weighted by atomic mass is 32.2. The monoisotopic (exact) mass is 262 g/mol. The predicted octanol–water partition coefficient (Wildman–Crippen LogP) is 1.29. The van der Waals surface area contributed by atoms with Gasteiger partial charge in [0, 0.05) is 13.6 Å². The molecule has 1 rings (SSSR count). The Kier molecular flexibility index (Phi) is 4.98. The third-order valence-electron chi connectivity index (χ3n) is 3.00. The molecule has 0 amide bonds. The van der Waals surface area contributed by atoms with Gasteiger partial charge in [-0.05, 0) is 37.3 Å². The van der Waals surface area contributed by atoms with Gasteiger partial charge in [-0.2, -0.15) is 0 Å². The van der Waals surface area contributed by atoms with Crippen LogP contribution in [0.2, 0.25) is 0 Å². The van der Waals surface area contributed by atoms with E-state index in [4.69, 9.17) is 0 Å². The van der Waals surface area contributed by atoms with Gasteiger partial charge in [0.25, 0.3) is 0 Å². The number of piperidine rings is 1. The molecular formula is C12H26N2O2S. The summed E-state index contributed by atoms with van der Waals surface area (Å²) in [7, 11) is -1.41. The third kappa shape index (κ3) is 5.36. The molecule has 0 radical (unpaired) electrons. The second-order valence-corrected chi connectivity index (χ2v) is 8.39. The number of hydrogen-bond donors (Lipinski definition) is 1. The van der Waals surface area contributed by atoms with Crippen molar-refractivity contribution in [3.05, 3.63) is 0 Å². The van der Waals surface area contributed by atoms with Crippen molar-refractivity contribution in [1.82, 2.24) is 9.62 Å². The summed E-state index contributed by atoms with van der Waals surface area (Å²) >= 11 is 0. The first-order chi connectivity index (χ1) is 7.71. The molecule has 0 aliphatic carbocycles. The van der Waals surface area contributed by atoms with E-state index in [9.17, 15) is 8.42 Å². The van der Waals surface area contributed by atoms with E-state index in [1.54, 1.807) is 7.05 Å². The van der Waals surface area contributed by atoms with Crippen molar-refractivity contribution in [1.29, 1.82) is 0 Å². The standard InChI is InChI=1S/C12H26N2O2S/c1-12(2,3)10-17(15,16)14(4)9-11-6-5-7-13-8-11/h11,13H,5-10H2,1-4H3. The molecular weight excluding hydrogens is 236 g/mol. The van der Waals surface area contributed by atoms with Gasteiger partial charge < -0.3 is 5.32 Å². The molecule has 102 valence electrons. The smallest absolute Gasteiger partial charge is 0.214 e. The minimum absolute atomic E-state index is 0.183. The molecule has 0 aromatic carbocycles. The van der Waals surface area contributed by atoms with E-state index < -0.39 is 10.0 Å². The second kappa shape index (κ2) is 5.67. The summed E-state index contributed by atoms with van der Waals surface area (Å²) < 4.78 is 25.8. The largest absolute Gasteiger partial charge is 0.316 e. The van der Waals surface area contributed by atoms with Gasteiger partial charge in [-0.1, -0.05) is 20.8 Å². The molecule has 1 unspecified atom stereocenters. The molecule has 1 saturated heterocycles.